The molecule has 0 spiro atoms. The maximum atomic E-state index is 13.1. The minimum absolute atomic E-state index is 0.0989. The molecule has 30 heavy (non-hydrogen) atoms. The second kappa shape index (κ2) is 8.46. The first-order chi connectivity index (χ1) is 14.5. The van der Waals surface area contributed by atoms with E-state index in [1.54, 1.807) is 12.1 Å². The maximum Gasteiger partial charge on any atom is 0.232 e. The van der Waals surface area contributed by atoms with Crippen molar-refractivity contribution >= 4 is 29.3 Å². The summed E-state index contributed by atoms with van der Waals surface area (Å²) in [6, 6.07) is 13.9. The van der Waals surface area contributed by atoms with Gasteiger partial charge in [-0.15, -0.1) is 10.2 Å². The van der Waals surface area contributed by atoms with Gasteiger partial charge in [0.05, 0.1) is 11.4 Å². The number of aromatic nitrogens is 6. The first-order valence-corrected chi connectivity index (χ1v) is 10.1. The molecular weight excluding hydrogens is 403 g/mol. The van der Waals surface area contributed by atoms with Crippen LogP contribution in [-0.2, 0) is 5.75 Å². The predicted molar refractivity (Wildman–Crippen MR) is 114 cm³/mol. The van der Waals surface area contributed by atoms with E-state index in [9.17, 15) is 4.39 Å². The van der Waals surface area contributed by atoms with Gasteiger partial charge in [-0.1, -0.05) is 30.0 Å². The number of para-hydroxylation sites is 1. The van der Waals surface area contributed by atoms with Crippen molar-refractivity contribution < 1.29 is 4.39 Å². The van der Waals surface area contributed by atoms with Crippen LogP contribution >= 0.6 is 11.8 Å². The van der Waals surface area contributed by atoms with E-state index >= 15 is 0 Å². The Morgan fingerprint density at radius 1 is 1.00 bits per heavy atom. The van der Waals surface area contributed by atoms with Crippen LogP contribution in [0.15, 0.2) is 53.7 Å². The Kier molecular flexibility index (Phi) is 5.57. The first kappa shape index (κ1) is 19.8. The number of nitrogens with zero attached hydrogens (tertiary/aromatic N) is 6. The van der Waals surface area contributed by atoms with Gasteiger partial charge in [-0.25, -0.2) is 4.39 Å². The number of thioether (sulfide) groups is 1. The van der Waals surface area contributed by atoms with Crippen molar-refractivity contribution in [3.8, 4) is 5.69 Å². The molecule has 10 heteroatoms. The fourth-order valence-electron chi connectivity index (χ4n) is 2.88. The van der Waals surface area contributed by atoms with E-state index in [0.717, 1.165) is 22.2 Å². The minimum Gasteiger partial charge on any atom is -0.368 e. The van der Waals surface area contributed by atoms with Gasteiger partial charge in [0.15, 0.2) is 5.16 Å². The molecule has 0 saturated carbocycles. The standard InChI is InChI=1S/C20H19FN8S/c1-12-5-3-4-6-16(12)29-13(2)27-28-20(29)30-11-17-24-18(22)26-19(25-17)23-15-9-7-14(21)8-10-15/h3-10H,11H2,1-2H3,(H3,22,23,24,25,26). The number of nitrogens with two attached hydrogens (primary N) is 1. The molecule has 0 unspecified atom stereocenters. The lowest BCUT2D eigenvalue weighted by Crippen LogP contribution is -2.07. The number of aryl methyl sites for hydroxylation is 2. The molecule has 2 aromatic heterocycles. The van der Waals surface area contributed by atoms with Gasteiger partial charge in [0.1, 0.15) is 17.5 Å². The fourth-order valence-corrected chi connectivity index (χ4v) is 3.72. The first-order valence-electron chi connectivity index (χ1n) is 9.13. The summed E-state index contributed by atoms with van der Waals surface area (Å²) in [5, 5.41) is 12.2. The fraction of sp³-hybridized carbons (Fsp3) is 0.150. The zero-order chi connectivity index (χ0) is 21.1. The van der Waals surface area contributed by atoms with Crippen LogP contribution in [0.2, 0.25) is 0 Å². The van der Waals surface area contributed by atoms with Crippen LogP contribution in [0.5, 0.6) is 0 Å². The van der Waals surface area contributed by atoms with Gasteiger partial charge < -0.3 is 11.1 Å². The van der Waals surface area contributed by atoms with Crippen molar-refractivity contribution in [3.05, 3.63) is 71.6 Å². The Bertz CT molecular complexity index is 1180. The van der Waals surface area contributed by atoms with Crippen LogP contribution in [0.3, 0.4) is 0 Å². The number of nitrogen functional groups attached to an aromatic ring is 1. The average molecular weight is 422 g/mol. The van der Waals surface area contributed by atoms with Crippen molar-refractivity contribution in [2.45, 2.75) is 24.8 Å². The number of hydrogen-bond acceptors (Lipinski definition) is 8. The lowest BCUT2D eigenvalue weighted by Gasteiger charge is -2.11. The van der Waals surface area contributed by atoms with Gasteiger partial charge in [0, 0.05) is 5.69 Å². The SMILES string of the molecule is Cc1ccccc1-n1c(C)nnc1SCc1nc(N)nc(Nc2ccc(F)cc2)n1. The van der Waals surface area contributed by atoms with Gasteiger partial charge in [-0.3, -0.25) is 4.57 Å². The average Bonchev–Trinajstić information content (AvgIpc) is 3.08. The maximum absolute atomic E-state index is 13.1. The molecule has 2 heterocycles. The highest BCUT2D eigenvalue weighted by molar-refractivity contribution is 7.98. The van der Waals surface area contributed by atoms with E-state index in [1.165, 1.54) is 23.9 Å². The summed E-state index contributed by atoms with van der Waals surface area (Å²) in [6.07, 6.45) is 0. The van der Waals surface area contributed by atoms with E-state index in [0.29, 0.717) is 23.2 Å². The van der Waals surface area contributed by atoms with Gasteiger partial charge in [0.2, 0.25) is 11.9 Å². The minimum atomic E-state index is -0.319. The molecule has 2 aromatic carbocycles. The third-order valence-corrected chi connectivity index (χ3v) is 5.21. The summed E-state index contributed by atoms with van der Waals surface area (Å²) in [6.45, 7) is 3.96. The highest BCUT2D eigenvalue weighted by Gasteiger charge is 2.14. The van der Waals surface area contributed by atoms with Crippen molar-refractivity contribution in [1.82, 2.24) is 29.7 Å². The number of nitrogens with one attached hydrogen (secondary N) is 1. The zero-order valence-corrected chi connectivity index (χ0v) is 17.2. The molecule has 0 amide bonds. The Labute approximate surface area is 176 Å². The number of anilines is 3. The predicted octanol–water partition coefficient (Wildman–Crippen LogP) is 3.83. The van der Waals surface area contributed by atoms with Crippen LogP contribution < -0.4 is 11.1 Å². The molecule has 4 aromatic rings. The number of rotatable bonds is 6. The molecule has 0 aliphatic heterocycles. The van der Waals surface area contributed by atoms with E-state index < -0.39 is 0 Å². The Morgan fingerprint density at radius 3 is 2.53 bits per heavy atom. The zero-order valence-electron chi connectivity index (χ0n) is 16.4. The Hall–Kier alpha value is -3.53. The van der Waals surface area contributed by atoms with Crippen LogP contribution in [0.4, 0.5) is 22.0 Å². The molecule has 0 radical (unpaired) electrons. The number of benzene rings is 2. The third-order valence-electron chi connectivity index (χ3n) is 4.28. The topological polar surface area (TPSA) is 107 Å². The molecule has 4 rings (SSSR count). The van der Waals surface area contributed by atoms with Gasteiger partial charge in [0.25, 0.3) is 0 Å². The molecule has 0 atom stereocenters. The van der Waals surface area contributed by atoms with Gasteiger partial charge in [-0.2, -0.15) is 15.0 Å². The number of hydrogen-bond donors (Lipinski definition) is 2. The second-order valence-corrected chi connectivity index (χ2v) is 7.45. The summed E-state index contributed by atoms with van der Waals surface area (Å²) >= 11 is 1.45. The molecule has 0 aliphatic rings. The van der Waals surface area contributed by atoms with Crippen molar-refractivity contribution in [1.29, 1.82) is 0 Å². The van der Waals surface area contributed by atoms with Crippen molar-refractivity contribution in [2.24, 2.45) is 0 Å². The molecule has 0 bridgehead atoms. The van der Waals surface area contributed by atoms with E-state index in [-0.39, 0.29) is 11.8 Å². The van der Waals surface area contributed by atoms with E-state index in [2.05, 4.69) is 30.5 Å². The van der Waals surface area contributed by atoms with E-state index in [4.69, 9.17) is 5.73 Å². The Morgan fingerprint density at radius 2 is 1.77 bits per heavy atom. The van der Waals surface area contributed by atoms with Crippen LogP contribution in [0.1, 0.15) is 17.2 Å². The monoisotopic (exact) mass is 422 g/mol. The van der Waals surface area contributed by atoms with Crippen molar-refractivity contribution in [2.75, 3.05) is 11.1 Å². The highest BCUT2D eigenvalue weighted by atomic mass is 32.2. The molecule has 3 N–H and O–H groups in total. The summed E-state index contributed by atoms with van der Waals surface area (Å²) in [5.74, 6) is 1.79. The largest absolute Gasteiger partial charge is 0.368 e. The number of halogens is 1. The summed E-state index contributed by atoms with van der Waals surface area (Å²) in [5.41, 5.74) is 8.64. The van der Waals surface area contributed by atoms with Gasteiger partial charge in [-0.05, 0) is 49.7 Å². The van der Waals surface area contributed by atoms with E-state index in [1.807, 2.05) is 42.7 Å². The summed E-state index contributed by atoms with van der Waals surface area (Å²) in [7, 11) is 0. The second-order valence-electron chi connectivity index (χ2n) is 6.51. The lowest BCUT2D eigenvalue weighted by molar-refractivity contribution is 0.628. The van der Waals surface area contributed by atoms with Crippen LogP contribution in [0, 0.1) is 19.7 Å². The highest BCUT2D eigenvalue weighted by Crippen LogP contribution is 2.26. The summed E-state index contributed by atoms with van der Waals surface area (Å²) in [4.78, 5) is 12.7. The molecule has 0 fully saturated rings. The quantitative estimate of drug-likeness (QED) is 0.452. The molecule has 0 aliphatic carbocycles. The summed E-state index contributed by atoms with van der Waals surface area (Å²) < 4.78 is 15.1. The molecule has 0 saturated heterocycles. The molecular formula is C20H19FN8S. The van der Waals surface area contributed by atoms with Crippen LogP contribution in [0.25, 0.3) is 5.69 Å². The Balaban J connectivity index is 1.54. The molecule has 8 nitrogen and oxygen atoms in total. The van der Waals surface area contributed by atoms with Gasteiger partial charge >= 0.3 is 0 Å². The van der Waals surface area contributed by atoms with Crippen molar-refractivity contribution in [3.63, 3.8) is 0 Å². The smallest absolute Gasteiger partial charge is 0.232 e. The molecule has 152 valence electrons. The third kappa shape index (κ3) is 4.38. The normalized spacial score (nSPS) is 10.9. The van der Waals surface area contributed by atoms with Crippen LogP contribution in [-0.4, -0.2) is 29.7 Å². The lowest BCUT2D eigenvalue weighted by atomic mass is 10.2.